The number of methoxy groups -OCH3 is 2. The molecule has 0 N–H and O–H groups in total. The summed E-state index contributed by atoms with van der Waals surface area (Å²) in [5, 5.41) is 0. The van der Waals surface area contributed by atoms with Gasteiger partial charge in [-0.25, -0.2) is 18.0 Å². The van der Waals surface area contributed by atoms with Crippen LogP contribution in [-0.4, -0.2) is 52.0 Å². The summed E-state index contributed by atoms with van der Waals surface area (Å²) in [5.74, 6) is -1.07. The number of hydrogen-bond acceptors (Lipinski definition) is 7. The number of hydrogen-bond donors (Lipinski definition) is 0. The fourth-order valence-electron chi connectivity index (χ4n) is 3.38. The van der Waals surface area contributed by atoms with Gasteiger partial charge >= 0.3 is 11.9 Å². The first-order chi connectivity index (χ1) is 15.5. The van der Waals surface area contributed by atoms with E-state index < -0.39 is 22.0 Å². The summed E-state index contributed by atoms with van der Waals surface area (Å²) in [6.45, 7) is 8.74. The Morgan fingerprint density at radius 3 is 1.94 bits per heavy atom. The molecule has 8 nitrogen and oxygen atoms in total. The van der Waals surface area contributed by atoms with E-state index in [-0.39, 0.29) is 28.0 Å². The minimum Gasteiger partial charge on any atom is -0.465 e. The Bertz CT molecular complexity index is 1040. The number of nitrogens with zero attached hydrogens (tertiary/aromatic N) is 2. The van der Waals surface area contributed by atoms with Crippen LogP contribution in [0.4, 0.5) is 5.69 Å². The van der Waals surface area contributed by atoms with Gasteiger partial charge in [0.05, 0.1) is 24.7 Å². The quantitative estimate of drug-likeness (QED) is 0.504. The largest absolute Gasteiger partial charge is 0.465 e. The van der Waals surface area contributed by atoms with E-state index in [4.69, 9.17) is 9.47 Å². The summed E-state index contributed by atoms with van der Waals surface area (Å²) in [6.07, 6.45) is 6.30. The second kappa shape index (κ2) is 11.3. The molecule has 0 unspecified atom stereocenters. The third-order valence-corrected chi connectivity index (χ3v) is 6.63. The average Bonchev–Trinajstić information content (AvgIpc) is 3.00. The summed E-state index contributed by atoms with van der Waals surface area (Å²) >= 11 is 0. The van der Waals surface area contributed by atoms with E-state index >= 15 is 0 Å². The van der Waals surface area contributed by atoms with Crippen molar-refractivity contribution in [3.8, 4) is 0 Å². The molecule has 0 aliphatic carbocycles. The van der Waals surface area contributed by atoms with Crippen molar-refractivity contribution in [1.82, 2.24) is 4.31 Å². The van der Waals surface area contributed by atoms with Gasteiger partial charge < -0.3 is 14.4 Å². The number of sulfonamides is 1. The highest BCUT2D eigenvalue weighted by Crippen LogP contribution is 2.28. The average molecular weight is 477 g/mol. The number of carbonyl (C=O) groups excluding carboxylic acids is 2. The van der Waals surface area contributed by atoms with E-state index in [1.165, 1.54) is 41.6 Å². The second-order valence-corrected chi connectivity index (χ2v) is 10.4. The predicted molar refractivity (Wildman–Crippen MR) is 127 cm³/mol. The van der Waals surface area contributed by atoms with Gasteiger partial charge in [0.25, 0.3) is 0 Å². The van der Waals surface area contributed by atoms with Crippen molar-refractivity contribution in [3.63, 3.8) is 0 Å². The van der Waals surface area contributed by atoms with E-state index in [1.807, 2.05) is 27.7 Å². The predicted octanol–water partition coefficient (Wildman–Crippen LogP) is 3.48. The Balaban J connectivity index is 2.50. The molecule has 9 heteroatoms. The van der Waals surface area contributed by atoms with Crippen LogP contribution < -0.4 is 4.90 Å². The number of ether oxygens (including phenoxy) is 2. The second-order valence-electron chi connectivity index (χ2n) is 8.42. The fraction of sp³-hybridized carbons (Fsp3) is 0.417. The fourth-order valence-corrected chi connectivity index (χ4v) is 5.15. The molecular weight excluding hydrogens is 444 g/mol. The molecule has 1 aromatic rings. The molecule has 2 rings (SSSR count). The maximum atomic E-state index is 13.3. The molecule has 1 aromatic carbocycles. The van der Waals surface area contributed by atoms with Crippen molar-refractivity contribution in [2.45, 2.75) is 32.6 Å². The first-order valence-electron chi connectivity index (χ1n) is 10.7. The smallest absolute Gasteiger partial charge is 0.355 e. The van der Waals surface area contributed by atoms with Gasteiger partial charge in [0, 0.05) is 25.0 Å². The molecule has 1 heterocycles. The van der Waals surface area contributed by atoms with Gasteiger partial charge in [0.2, 0.25) is 10.0 Å². The molecule has 0 aromatic heterocycles. The molecule has 0 fully saturated rings. The van der Waals surface area contributed by atoms with E-state index in [0.29, 0.717) is 18.8 Å². The van der Waals surface area contributed by atoms with Crippen LogP contribution in [0.2, 0.25) is 0 Å². The van der Waals surface area contributed by atoms with Gasteiger partial charge in [-0.15, -0.1) is 0 Å². The molecule has 0 radical (unpaired) electrons. The molecule has 0 saturated heterocycles. The van der Waals surface area contributed by atoms with Crippen molar-refractivity contribution in [1.29, 1.82) is 0 Å². The summed E-state index contributed by atoms with van der Waals surface area (Å²) < 4.78 is 37.8. The Labute approximate surface area is 196 Å². The lowest BCUT2D eigenvalue weighted by atomic mass is 10.1. The SMILES string of the molecule is COC(=O)C1=C(C(=O)OC)N(c2ccc(S(=O)(=O)N(CC(C)C)CC(C)C)cc2)C=CC=C1. The number of esters is 2. The van der Waals surface area contributed by atoms with E-state index in [9.17, 15) is 18.0 Å². The van der Waals surface area contributed by atoms with Crippen LogP contribution in [0.5, 0.6) is 0 Å². The number of rotatable bonds is 9. The van der Waals surface area contributed by atoms with E-state index in [0.717, 1.165) is 0 Å². The van der Waals surface area contributed by atoms with E-state index in [1.54, 1.807) is 30.5 Å². The lowest BCUT2D eigenvalue weighted by molar-refractivity contribution is -0.139. The highest BCUT2D eigenvalue weighted by Gasteiger charge is 2.29. The van der Waals surface area contributed by atoms with Crippen molar-refractivity contribution in [2.24, 2.45) is 11.8 Å². The van der Waals surface area contributed by atoms with Gasteiger partial charge in [-0.1, -0.05) is 33.8 Å². The first kappa shape index (κ1) is 26.3. The van der Waals surface area contributed by atoms with Crippen LogP contribution in [0.3, 0.4) is 0 Å². The van der Waals surface area contributed by atoms with Crippen molar-refractivity contribution < 1.29 is 27.5 Å². The Kier molecular flexibility index (Phi) is 9.01. The van der Waals surface area contributed by atoms with Gasteiger partial charge in [0.1, 0.15) is 5.70 Å². The minimum absolute atomic E-state index is 0.0195. The van der Waals surface area contributed by atoms with Crippen LogP contribution in [0.1, 0.15) is 27.7 Å². The molecular formula is C24H32N2O6S. The number of benzene rings is 1. The molecule has 0 spiro atoms. The van der Waals surface area contributed by atoms with Crippen molar-refractivity contribution >= 4 is 27.6 Å². The standard InChI is InChI=1S/C24H32N2O6S/c1-17(2)15-25(16-18(3)4)33(29,30)20-12-10-19(11-13-20)26-14-8-7-9-21(23(27)31-5)22(26)24(28)32-6/h7-14,17-18H,15-16H2,1-6H3. The van der Waals surface area contributed by atoms with Crippen molar-refractivity contribution in [2.75, 3.05) is 32.2 Å². The zero-order valence-corrected chi connectivity index (χ0v) is 20.8. The topological polar surface area (TPSA) is 93.2 Å². The molecule has 0 bridgehead atoms. The van der Waals surface area contributed by atoms with Gasteiger partial charge in [0.15, 0.2) is 0 Å². The van der Waals surface area contributed by atoms with Crippen LogP contribution >= 0.6 is 0 Å². The number of allylic oxidation sites excluding steroid dienone is 2. The van der Waals surface area contributed by atoms with Crippen molar-refractivity contribution in [3.05, 3.63) is 60.0 Å². The van der Waals surface area contributed by atoms with Gasteiger partial charge in [-0.2, -0.15) is 4.31 Å². The molecule has 33 heavy (non-hydrogen) atoms. The van der Waals surface area contributed by atoms with Gasteiger partial charge in [-0.05, 0) is 48.3 Å². The normalized spacial score (nSPS) is 14.3. The van der Waals surface area contributed by atoms with E-state index in [2.05, 4.69) is 0 Å². The minimum atomic E-state index is -3.70. The molecule has 0 amide bonds. The maximum Gasteiger partial charge on any atom is 0.355 e. The Hall–Kier alpha value is -2.91. The Morgan fingerprint density at radius 1 is 0.909 bits per heavy atom. The molecule has 1 aliphatic heterocycles. The highest BCUT2D eigenvalue weighted by atomic mass is 32.2. The third kappa shape index (κ3) is 6.33. The Morgan fingerprint density at radius 2 is 1.45 bits per heavy atom. The zero-order chi connectivity index (χ0) is 24.8. The lowest BCUT2D eigenvalue weighted by Crippen LogP contribution is -2.37. The molecule has 180 valence electrons. The first-order valence-corrected chi connectivity index (χ1v) is 12.1. The zero-order valence-electron chi connectivity index (χ0n) is 19.9. The molecule has 0 atom stereocenters. The monoisotopic (exact) mass is 476 g/mol. The number of carbonyl (C=O) groups is 2. The van der Waals surface area contributed by atoms with Crippen LogP contribution in [0.25, 0.3) is 0 Å². The molecule has 1 aliphatic rings. The lowest BCUT2D eigenvalue weighted by Gasteiger charge is -2.26. The van der Waals surface area contributed by atoms with Gasteiger partial charge in [-0.3, -0.25) is 0 Å². The summed E-state index contributed by atoms with van der Waals surface area (Å²) in [4.78, 5) is 26.5. The third-order valence-electron chi connectivity index (χ3n) is 4.78. The molecule has 0 saturated carbocycles. The summed E-state index contributed by atoms with van der Waals surface area (Å²) in [6, 6.07) is 6.17. The highest BCUT2D eigenvalue weighted by molar-refractivity contribution is 7.89. The van der Waals surface area contributed by atoms with Crippen LogP contribution in [-0.2, 0) is 29.1 Å². The summed E-state index contributed by atoms with van der Waals surface area (Å²) in [5.41, 5.74) is 0.465. The number of anilines is 1. The maximum absolute atomic E-state index is 13.3. The summed E-state index contributed by atoms with van der Waals surface area (Å²) in [7, 11) is -1.26. The van der Waals surface area contributed by atoms with Crippen LogP contribution in [0.15, 0.2) is 64.9 Å². The van der Waals surface area contributed by atoms with Crippen LogP contribution in [0, 0.1) is 11.8 Å².